The lowest BCUT2D eigenvalue weighted by Crippen LogP contribution is -2.45. The van der Waals surface area contributed by atoms with E-state index >= 15 is 0 Å². The summed E-state index contributed by atoms with van der Waals surface area (Å²) in [6.45, 7) is 6.86. The summed E-state index contributed by atoms with van der Waals surface area (Å²) in [5, 5.41) is 0. The Bertz CT molecular complexity index is 423. The Morgan fingerprint density at radius 3 is 3.00 bits per heavy atom. The number of morpholine rings is 1. The molecule has 3 nitrogen and oxygen atoms in total. The van der Waals surface area contributed by atoms with Crippen molar-refractivity contribution in [3.63, 3.8) is 0 Å². The summed E-state index contributed by atoms with van der Waals surface area (Å²) in [4.78, 5) is 2.48. The fourth-order valence-corrected chi connectivity index (χ4v) is 2.98. The summed E-state index contributed by atoms with van der Waals surface area (Å²) in [7, 11) is 0. The van der Waals surface area contributed by atoms with Crippen LogP contribution in [0.5, 0.6) is 0 Å². The average molecular weight is 327 g/mol. The van der Waals surface area contributed by atoms with Crippen molar-refractivity contribution in [2.24, 2.45) is 5.73 Å². The van der Waals surface area contributed by atoms with E-state index in [-0.39, 0.29) is 6.04 Å². The molecule has 106 valence electrons. The maximum atomic E-state index is 5.97. The molecule has 0 bridgehead atoms. The molecule has 0 aromatic heterocycles. The van der Waals surface area contributed by atoms with E-state index in [0.717, 1.165) is 37.1 Å². The maximum absolute atomic E-state index is 5.97. The van der Waals surface area contributed by atoms with Crippen LogP contribution in [0.2, 0.25) is 0 Å². The van der Waals surface area contributed by atoms with Gasteiger partial charge in [0.2, 0.25) is 0 Å². The Morgan fingerprint density at radius 2 is 2.32 bits per heavy atom. The monoisotopic (exact) mass is 326 g/mol. The Balaban J connectivity index is 2.32. The SMILES string of the molecule is CCC1COCCN1c1cc(Br)ccc1CC(C)N. The first-order valence-electron chi connectivity index (χ1n) is 7.00. The van der Waals surface area contributed by atoms with Crippen molar-refractivity contribution in [1.29, 1.82) is 0 Å². The van der Waals surface area contributed by atoms with Crippen molar-refractivity contribution in [3.8, 4) is 0 Å². The van der Waals surface area contributed by atoms with Gasteiger partial charge in [0.05, 0.1) is 19.3 Å². The normalized spacial score (nSPS) is 21.5. The van der Waals surface area contributed by atoms with Crippen LogP contribution in [-0.2, 0) is 11.2 Å². The molecule has 2 atom stereocenters. The molecule has 4 heteroatoms. The highest BCUT2D eigenvalue weighted by molar-refractivity contribution is 9.10. The largest absolute Gasteiger partial charge is 0.377 e. The van der Waals surface area contributed by atoms with Crippen LogP contribution < -0.4 is 10.6 Å². The summed E-state index contributed by atoms with van der Waals surface area (Å²) in [5.74, 6) is 0. The molecule has 0 aliphatic carbocycles. The van der Waals surface area contributed by atoms with Gasteiger partial charge in [-0.1, -0.05) is 28.9 Å². The summed E-state index contributed by atoms with van der Waals surface area (Å²) >= 11 is 3.58. The third-order valence-corrected chi connectivity index (χ3v) is 4.09. The van der Waals surface area contributed by atoms with Gasteiger partial charge < -0.3 is 15.4 Å². The Hall–Kier alpha value is -0.580. The van der Waals surface area contributed by atoms with Gasteiger partial charge in [-0.05, 0) is 37.5 Å². The zero-order chi connectivity index (χ0) is 13.8. The first-order valence-corrected chi connectivity index (χ1v) is 7.79. The van der Waals surface area contributed by atoms with Gasteiger partial charge in [0.15, 0.2) is 0 Å². The van der Waals surface area contributed by atoms with Crippen LogP contribution >= 0.6 is 15.9 Å². The van der Waals surface area contributed by atoms with E-state index in [1.807, 2.05) is 0 Å². The zero-order valence-electron chi connectivity index (χ0n) is 11.7. The fourth-order valence-electron chi connectivity index (χ4n) is 2.63. The van der Waals surface area contributed by atoms with Crippen LogP contribution in [0.1, 0.15) is 25.8 Å². The lowest BCUT2D eigenvalue weighted by atomic mass is 10.0. The van der Waals surface area contributed by atoms with Gasteiger partial charge in [-0.25, -0.2) is 0 Å². The minimum absolute atomic E-state index is 0.182. The highest BCUT2D eigenvalue weighted by Crippen LogP contribution is 2.29. The standard InChI is InChI=1S/C15H23BrN2O/c1-3-14-10-19-7-6-18(14)15-9-13(16)5-4-12(15)8-11(2)17/h4-5,9,11,14H,3,6-8,10,17H2,1-2H3. The first-order chi connectivity index (χ1) is 9.11. The van der Waals surface area contributed by atoms with Gasteiger partial charge >= 0.3 is 0 Å². The van der Waals surface area contributed by atoms with Crippen LogP contribution in [0.3, 0.4) is 0 Å². The van der Waals surface area contributed by atoms with Crippen molar-refractivity contribution in [3.05, 3.63) is 28.2 Å². The molecule has 0 radical (unpaired) electrons. The summed E-state index contributed by atoms with van der Waals surface area (Å²) in [6.07, 6.45) is 2.01. The topological polar surface area (TPSA) is 38.5 Å². The minimum Gasteiger partial charge on any atom is -0.377 e. The lowest BCUT2D eigenvalue weighted by molar-refractivity contribution is 0.0929. The van der Waals surface area contributed by atoms with E-state index in [9.17, 15) is 0 Å². The van der Waals surface area contributed by atoms with Crippen LogP contribution in [-0.4, -0.2) is 31.8 Å². The number of benzene rings is 1. The number of nitrogens with two attached hydrogens (primary N) is 1. The quantitative estimate of drug-likeness (QED) is 0.924. The minimum atomic E-state index is 0.182. The molecule has 1 aliphatic rings. The van der Waals surface area contributed by atoms with E-state index in [0.29, 0.717) is 6.04 Å². The zero-order valence-corrected chi connectivity index (χ0v) is 13.3. The second-order valence-electron chi connectivity index (χ2n) is 5.28. The third kappa shape index (κ3) is 3.71. The second-order valence-corrected chi connectivity index (χ2v) is 6.20. The van der Waals surface area contributed by atoms with Crippen molar-refractivity contribution < 1.29 is 4.74 Å². The molecule has 1 saturated heterocycles. The number of anilines is 1. The molecule has 0 spiro atoms. The molecule has 0 saturated carbocycles. The van der Waals surface area contributed by atoms with E-state index < -0.39 is 0 Å². The smallest absolute Gasteiger partial charge is 0.0670 e. The van der Waals surface area contributed by atoms with Crippen molar-refractivity contribution in [2.75, 3.05) is 24.7 Å². The van der Waals surface area contributed by atoms with Crippen molar-refractivity contribution >= 4 is 21.6 Å². The molecule has 1 aromatic rings. The number of rotatable bonds is 4. The molecule has 1 aromatic carbocycles. The van der Waals surface area contributed by atoms with Crippen molar-refractivity contribution in [1.82, 2.24) is 0 Å². The molecule has 19 heavy (non-hydrogen) atoms. The molecule has 0 amide bonds. The fraction of sp³-hybridized carbons (Fsp3) is 0.600. The molecule has 2 unspecified atom stereocenters. The Labute approximate surface area is 124 Å². The molecule has 1 aliphatic heterocycles. The van der Waals surface area contributed by atoms with Crippen molar-refractivity contribution in [2.45, 2.75) is 38.8 Å². The van der Waals surface area contributed by atoms with Crippen LogP contribution in [0.4, 0.5) is 5.69 Å². The predicted molar refractivity (Wildman–Crippen MR) is 83.7 cm³/mol. The first kappa shape index (κ1) is 14.8. The van der Waals surface area contributed by atoms with Crippen LogP contribution in [0.15, 0.2) is 22.7 Å². The molecule has 1 fully saturated rings. The van der Waals surface area contributed by atoms with Gasteiger partial charge in [-0.15, -0.1) is 0 Å². The van der Waals surface area contributed by atoms with Gasteiger partial charge in [-0.2, -0.15) is 0 Å². The Kier molecular flexibility index (Phi) is 5.25. The highest BCUT2D eigenvalue weighted by atomic mass is 79.9. The second kappa shape index (κ2) is 6.73. The summed E-state index contributed by atoms with van der Waals surface area (Å²) in [5.41, 5.74) is 8.61. The lowest BCUT2D eigenvalue weighted by Gasteiger charge is -2.38. The number of hydrogen-bond donors (Lipinski definition) is 1. The van der Waals surface area contributed by atoms with Gasteiger partial charge in [-0.3, -0.25) is 0 Å². The van der Waals surface area contributed by atoms with Gasteiger partial charge in [0.1, 0.15) is 0 Å². The number of ether oxygens (including phenoxy) is 1. The summed E-state index contributed by atoms with van der Waals surface area (Å²) in [6, 6.07) is 7.15. The molecular weight excluding hydrogens is 304 g/mol. The average Bonchev–Trinajstić information content (AvgIpc) is 2.40. The molecule has 1 heterocycles. The highest BCUT2D eigenvalue weighted by Gasteiger charge is 2.23. The molecule has 2 N–H and O–H groups in total. The number of hydrogen-bond acceptors (Lipinski definition) is 3. The van der Waals surface area contributed by atoms with Crippen LogP contribution in [0.25, 0.3) is 0 Å². The van der Waals surface area contributed by atoms with E-state index in [1.165, 1.54) is 11.3 Å². The van der Waals surface area contributed by atoms with Gasteiger partial charge in [0, 0.05) is 22.7 Å². The summed E-state index contributed by atoms with van der Waals surface area (Å²) < 4.78 is 6.72. The number of halogens is 1. The van der Waals surface area contributed by atoms with E-state index in [4.69, 9.17) is 10.5 Å². The predicted octanol–water partition coefficient (Wildman–Crippen LogP) is 2.95. The van der Waals surface area contributed by atoms with E-state index in [2.05, 4.69) is 52.9 Å². The Morgan fingerprint density at radius 1 is 1.53 bits per heavy atom. The molecule has 2 rings (SSSR count). The van der Waals surface area contributed by atoms with Gasteiger partial charge in [0.25, 0.3) is 0 Å². The van der Waals surface area contributed by atoms with E-state index in [1.54, 1.807) is 0 Å². The van der Waals surface area contributed by atoms with Crippen LogP contribution in [0, 0.1) is 0 Å². The maximum Gasteiger partial charge on any atom is 0.0670 e. The number of nitrogens with zero attached hydrogens (tertiary/aromatic N) is 1. The molecular formula is C15H23BrN2O. The third-order valence-electron chi connectivity index (χ3n) is 3.60.